The molecule has 0 radical (unpaired) electrons. The van der Waals surface area contributed by atoms with E-state index in [1.165, 1.54) is 12.1 Å². The minimum atomic E-state index is -0.232. The summed E-state index contributed by atoms with van der Waals surface area (Å²) in [4.78, 5) is 8.82. The van der Waals surface area contributed by atoms with Gasteiger partial charge < -0.3 is 10.1 Å². The molecule has 1 aromatic heterocycles. The molecule has 5 heteroatoms. The first kappa shape index (κ1) is 15.2. The first-order valence-corrected chi connectivity index (χ1v) is 7.20. The number of anilines is 1. The average molecular weight is 289 g/mol. The summed E-state index contributed by atoms with van der Waals surface area (Å²) in [6, 6.07) is 8.18. The van der Waals surface area contributed by atoms with Gasteiger partial charge in [0.25, 0.3) is 0 Å². The number of hydrogen-bond donors (Lipinski definition) is 1. The molecule has 112 valence electrons. The summed E-state index contributed by atoms with van der Waals surface area (Å²) in [6.07, 6.45) is 1.79. The molecule has 0 unspecified atom stereocenters. The van der Waals surface area contributed by atoms with Crippen molar-refractivity contribution in [3.63, 3.8) is 0 Å². The molecule has 1 N–H and O–H groups in total. The third-order valence-corrected chi connectivity index (χ3v) is 2.90. The van der Waals surface area contributed by atoms with Gasteiger partial charge >= 0.3 is 0 Å². The minimum Gasteiger partial charge on any atom is -0.478 e. The van der Waals surface area contributed by atoms with Crippen molar-refractivity contribution in [1.82, 2.24) is 9.97 Å². The third-order valence-electron chi connectivity index (χ3n) is 2.90. The predicted octanol–water partition coefficient (Wildman–Crippen LogP) is 3.58. The maximum Gasteiger partial charge on any atom is 0.218 e. The van der Waals surface area contributed by atoms with Gasteiger partial charge in [0.05, 0.1) is 6.61 Å². The molecule has 0 saturated heterocycles. The number of hydrogen-bond acceptors (Lipinski definition) is 4. The SMILES string of the molecule is CCCc1nc(NCc2ccc(F)cc2)cc(OCC)n1. The molecule has 0 spiro atoms. The molecule has 4 nitrogen and oxygen atoms in total. The van der Waals surface area contributed by atoms with E-state index >= 15 is 0 Å². The number of benzene rings is 1. The van der Waals surface area contributed by atoms with E-state index in [0.29, 0.717) is 19.0 Å². The van der Waals surface area contributed by atoms with Crippen molar-refractivity contribution in [2.24, 2.45) is 0 Å². The second-order valence-electron chi connectivity index (χ2n) is 4.67. The van der Waals surface area contributed by atoms with Crippen LogP contribution in [-0.4, -0.2) is 16.6 Å². The lowest BCUT2D eigenvalue weighted by atomic mass is 10.2. The highest BCUT2D eigenvalue weighted by Crippen LogP contribution is 2.15. The fraction of sp³-hybridized carbons (Fsp3) is 0.375. The molecule has 0 atom stereocenters. The molecule has 21 heavy (non-hydrogen) atoms. The summed E-state index contributed by atoms with van der Waals surface area (Å²) in [5.74, 6) is 1.84. The van der Waals surface area contributed by atoms with Gasteiger partial charge in [-0.1, -0.05) is 19.1 Å². The Hall–Kier alpha value is -2.17. The quantitative estimate of drug-likeness (QED) is 0.846. The van der Waals surface area contributed by atoms with Gasteiger partial charge in [0.15, 0.2) is 0 Å². The Morgan fingerprint density at radius 1 is 1.14 bits per heavy atom. The van der Waals surface area contributed by atoms with Gasteiger partial charge in [-0.15, -0.1) is 0 Å². The van der Waals surface area contributed by atoms with Crippen molar-refractivity contribution in [3.05, 3.63) is 47.5 Å². The van der Waals surface area contributed by atoms with Crippen molar-refractivity contribution in [2.75, 3.05) is 11.9 Å². The lowest BCUT2D eigenvalue weighted by molar-refractivity contribution is 0.325. The van der Waals surface area contributed by atoms with Crippen molar-refractivity contribution < 1.29 is 9.13 Å². The van der Waals surface area contributed by atoms with Crippen LogP contribution in [0.5, 0.6) is 5.88 Å². The zero-order valence-corrected chi connectivity index (χ0v) is 12.4. The Morgan fingerprint density at radius 3 is 2.57 bits per heavy atom. The van der Waals surface area contributed by atoms with Crippen LogP contribution in [0.15, 0.2) is 30.3 Å². The van der Waals surface area contributed by atoms with Gasteiger partial charge in [-0.2, -0.15) is 4.98 Å². The van der Waals surface area contributed by atoms with E-state index in [2.05, 4.69) is 22.2 Å². The highest BCUT2D eigenvalue weighted by molar-refractivity contribution is 5.39. The van der Waals surface area contributed by atoms with Gasteiger partial charge in [-0.3, -0.25) is 0 Å². The standard InChI is InChI=1S/C16H20FN3O/c1-3-5-14-19-15(10-16(20-14)21-4-2)18-11-12-6-8-13(17)9-7-12/h6-10H,3-5,11H2,1-2H3,(H,18,19,20). The van der Waals surface area contributed by atoms with Crippen molar-refractivity contribution in [1.29, 1.82) is 0 Å². The Kier molecular flexibility index (Phi) is 5.49. The number of nitrogens with zero attached hydrogens (tertiary/aromatic N) is 2. The third kappa shape index (κ3) is 4.70. The van der Waals surface area contributed by atoms with Crippen molar-refractivity contribution in [3.8, 4) is 5.88 Å². The summed E-state index contributed by atoms with van der Waals surface area (Å²) in [5, 5.41) is 3.22. The smallest absolute Gasteiger partial charge is 0.218 e. The first-order chi connectivity index (χ1) is 10.2. The van der Waals surface area contributed by atoms with Gasteiger partial charge in [0.1, 0.15) is 17.5 Å². The van der Waals surface area contributed by atoms with Gasteiger partial charge in [0.2, 0.25) is 5.88 Å². The predicted molar refractivity (Wildman–Crippen MR) is 80.9 cm³/mol. The fourth-order valence-corrected chi connectivity index (χ4v) is 1.92. The summed E-state index contributed by atoms with van der Waals surface area (Å²) >= 11 is 0. The number of aryl methyl sites for hydroxylation is 1. The monoisotopic (exact) mass is 289 g/mol. The number of aromatic nitrogens is 2. The molecule has 0 aliphatic carbocycles. The van der Waals surface area contributed by atoms with Crippen LogP contribution in [0, 0.1) is 5.82 Å². The molecule has 0 aliphatic heterocycles. The topological polar surface area (TPSA) is 47.0 Å². The molecule has 0 amide bonds. The maximum absolute atomic E-state index is 12.9. The minimum absolute atomic E-state index is 0.232. The second-order valence-corrected chi connectivity index (χ2v) is 4.67. The molecule has 1 aromatic carbocycles. The molecule has 0 fully saturated rings. The Bertz CT molecular complexity index is 548. The number of rotatable bonds is 7. The van der Waals surface area contributed by atoms with Crippen LogP contribution in [0.2, 0.25) is 0 Å². The summed E-state index contributed by atoms with van der Waals surface area (Å²) in [6.45, 7) is 5.16. The fourth-order valence-electron chi connectivity index (χ4n) is 1.92. The summed E-state index contributed by atoms with van der Waals surface area (Å²) < 4.78 is 18.3. The van der Waals surface area contributed by atoms with E-state index in [0.717, 1.165) is 30.0 Å². The van der Waals surface area contributed by atoms with Crippen LogP contribution in [0.3, 0.4) is 0 Å². The van der Waals surface area contributed by atoms with Crippen LogP contribution in [0.1, 0.15) is 31.7 Å². The Morgan fingerprint density at radius 2 is 1.90 bits per heavy atom. The van der Waals surface area contributed by atoms with Crippen LogP contribution in [0.25, 0.3) is 0 Å². The first-order valence-electron chi connectivity index (χ1n) is 7.20. The molecular weight excluding hydrogens is 269 g/mol. The highest BCUT2D eigenvalue weighted by Gasteiger charge is 2.05. The zero-order chi connectivity index (χ0) is 15.1. The molecule has 2 aromatic rings. The summed E-state index contributed by atoms with van der Waals surface area (Å²) in [5.41, 5.74) is 0.991. The number of nitrogens with one attached hydrogen (secondary N) is 1. The molecule has 0 aliphatic rings. The van der Waals surface area contributed by atoms with E-state index in [-0.39, 0.29) is 5.82 Å². The molecule has 1 heterocycles. The van der Waals surface area contributed by atoms with Gasteiger partial charge in [-0.25, -0.2) is 9.37 Å². The molecular formula is C16H20FN3O. The molecule has 0 saturated carbocycles. The van der Waals surface area contributed by atoms with Gasteiger partial charge in [-0.05, 0) is 31.0 Å². The lowest BCUT2D eigenvalue weighted by Gasteiger charge is -2.10. The summed E-state index contributed by atoms with van der Waals surface area (Å²) in [7, 11) is 0. The van der Waals surface area contributed by atoms with Crippen LogP contribution < -0.4 is 10.1 Å². The van der Waals surface area contributed by atoms with Crippen LogP contribution >= 0.6 is 0 Å². The highest BCUT2D eigenvalue weighted by atomic mass is 19.1. The van der Waals surface area contributed by atoms with Crippen LogP contribution in [0.4, 0.5) is 10.2 Å². The van der Waals surface area contributed by atoms with E-state index in [1.807, 2.05) is 6.92 Å². The van der Waals surface area contributed by atoms with Crippen LogP contribution in [-0.2, 0) is 13.0 Å². The average Bonchev–Trinajstić information content (AvgIpc) is 2.47. The van der Waals surface area contributed by atoms with E-state index in [4.69, 9.17) is 4.74 Å². The Balaban J connectivity index is 2.08. The van der Waals surface area contributed by atoms with Gasteiger partial charge in [0, 0.05) is 19.0 Å². The van der Waals surface area contributed by atoms with E-state index in [1.54, 1.807) is 18.2 Å². The normalized spacial score (nSPS) is 10.4. The molecule has 2 rings (SSSR count). The number of halogens is 1. The maximum atomic E-state index is 12.9. The molecule has 0 bridgehead atoms. The van der Waals surface area contributed by atoms with Crippen molar-refractivity contribution >= 4 is 5.82 Å². The Labute approximate surface area is 124 Å². The van der Waals surface area contributed by atoms with Crippen molar-refractivity contribution in [2.45, 2.75) is 33.2 Å². The largest absolute Gasteiger partial charge is 0.478 e. The second kappa shape index (κ2) is 7.57. The number of ether oxygens (including phenoxy) is 1. The lowest BCUT2D eigenvalue weighted by Crippen LogP contribution is -2.06. The van der Waals surface area contributed by atoms with E-state index < -0.39 is 0 Å². The zero-order valence-electron chi connectivity index (χ0n) is 12.4. The van der Waals surface area contributed by atoms with E-state index in [9.17, 15) is 4.39 Å².